The molecule has 7 nitrogen and oxygen atoms in total. The maximum Gasteiger partial charge on any atom is 0.251 e. The zero-order valence-electron chi connectivity index (χ0n) is 18.3. The molecule has 0 unspecified atom stereocenters. The van der Waals surface area contributed by atoms with Gasteiger partial charge in [0.25, 0.3) is 5.91 Å². The number of carbonyl (C=O) groups is 2. The van der Waals surface area contributed by atoms with E-state index in [-0.39, 0.29) is 29.8 Å². The first-order valence-corrected chi connectivity index (χ1v) is 11.7. The fraction of sp³-hybridized carbons (Fsp3) is 0.250. The number of amides is 2. The molecule has 0 heterocycles. The van der Waals surface area contributed by atoms with Crippen LogP contribution < -0.4 is 15.4 Å². The number of nitrogens with one attached hydrogen (secondary N) is 3. The van der Waals surface area contributed by atoms with Crippen molar-refractivity contribution in [1.29, 1.82) is 0 Å². The molecule has 0 atom stereocenters. The van der Waals surface area contributed by atoms with E-state index in [1.54, 1.807) is 42.5 Å². The van der Waals surface area contributed by atoms with Crippen LogP contribution in [0.5, 0.6) is 0 Å². The molecule has 0 spiro atoms. The van der Waals surface area contributed by atoms with Crippen molar-refractivity contribution in [2.24, 2.45) is 5.41 Å². The van der Waals surface area contributed by atoms with Gasteiger partial charge in [0.15, 0.2) is 0 Å². The molecule has 2 amide bonds. The van der Waals surface area contributed by atoms with Gasteiger partial charge in [0.2, 0.25) is 15.9 Å². The molecule has 0 aliphatic carbocycles. The van der Waals surface area contributed by atoms with E-state index in [2.05, 4.69) is 15.4 Å². The first-order chi connectivity index (χ1) is 15.1. The lowest BCUT2D eigenvalue weighted by Crippen LogP contribution is -2.34. The second kappa shape index (κ2) is 9.50. The number of hydrogen-bond acceptors (Lipinski definition) is 4. The highest BCUT2D eigenvalue weighted by molar-refractivity contribution is 7.89. The Morgan fingerprint density at radius 1 is 0.844 bits per heavy atom. The highest BCUT2D eigenvalue weighted by Crippen LogP contribution is 2.19. The van der Waals surface area contributed by atoms with Crippen molar-refractivity contribution in [3.8, 4) is 0 Å². The third kappa shape index (κ3) is 5.93. The summed E-state index contributed by atoms with van der Waals surface area (Å²) in [5.41, 5.74) is 0.497. The van der Waals surface area contributed by atoms with Crippen LogP contribution in [0.3, 0.4) is 0 Å². The van der Waals surface area contributed by atoms with Crippen LogP contribution in [0.2, 0.25) is 0 Å². The fourth-order valence-electron chi connectivity index (χ4n) is 2.90. The van der Waals surface area contributed by atoms with Crippen LogP contribution in [-0.4, -0.2) is 33.3 Å². The molecule has 0 aliphatic rings. The summed E-state index contributed by atoms with van der Waals surface area (Å²) in [4.78, 5) is 24.5. The van der Waals surface area contributed by atoms with E-state index in [1.807, 2.05) is 45.0 Å². The third-order valence-corrected chi connectivity index (χ3v) is 6.28. The zero-order chi connectivity index (χ0) is 23.4. The van der Waals surface area contributed by atoms with E-state index in [4.69, 9.17) is 0 Å². The highest BCUT2D eigenvalue weighted by atomic mass is 32.2. The summed E-state index contributed by atoms with van der Waals surface area (Å²) >= 11 is 0. The summed E-state index contributed by atoms with van der Waals surface area (Å²) in [6.45, 7) is 5.64. The van der Waals surface area contributed by atoms with Crippen molar-refractivity contribution in [2.45, 2.75) is 25.7 Å². The lowest BCUT2D eigenvalue weighted by Gasteiger charge is -2.17. The first kappa shape index (κ1) is 23.4. The molecule has 3 aromatic rings. The molecule has 0 fully saturated rings. The number of hydrogen-bond donors (Lipinski definition) is 3. The molecule has 0 saturated carbocycles. The molecule has 3 rings (SSSR count). The van der Waals surface area contributed by atoms with E-state index in [9.17, 15) is 18.0 Å². The van der Waals surface area contributed by atoms with E-state index in [1.165, 1.54) is 0 Å². The van der Waals surface area contributed by atoms with Gasteiger partial charge in [0, 0.05) is 29.8 Å². The summed E-state index contributed by atoms with van der Waals surface area (Å²) in [7, 11) is -3.69. The van der Waals surface area contributed by atoms with E-state index in [0.29, 0.717) is 11.3 Å². The summed E-state index contributed by atoms with van der Waals surface area (Å²) in [5, 5.41) is 7.28. The number of rotatable bonds is 7. The van der Waals surface area contributed by atoms with E-state index >= 15 is 0 Å². The number of sulfonamides is 1. The number of fused-ring (bicyclic) bond motifs is 1. The Balaban J connectivity index is 1.51. The van der Waals surface area contributed by atoms with Gasteiger partial charge in [-0.1, -0.05) is 51.1 Å². The number of carbonyl (C=O) groups excluding carboxylic acids is 2. The maximum atomic E-state index is 12.5. The van der Waals surface area contributed by atoms with Crippen molar-refractivity contribution < 1.29 is 18.0 Å². The van der Waals surface area contributed by atoms with Crippen molar-refractivity contribution in [2.75, 3.05) is 18.4 Å². The van der Waals surface area contributed by atoms with Gasteiger partial charge in [-0.15, -0.1) is 0 Å². The molecule has 0 aliphatic heterocycles. The van der Waals surface area contributed by atoms with Crippen LogP contribution in [0, 0.1) is 5.41 Å². The lowest BCUT2D eigenvalue weighted by molar-refractivity contribution is -0.123. The topological polar surface area (TPSA) is 104 Å². The molecule has 0 radical (unpaired) electrons. The van der Waals surface area contributed by atoms with Crippen molar-refractivity contribution in [3.05, 3.63) is 72.3 Å². The largest absolute Gasteiger partial charge is 0.351 e. The summed E-state index contributed by atoms with van der Waals surface area (Å²) in [6.07, 6.45) is 0. The average Bonchev–Trinajstić information content (AvgIpc) is 2.76. The first-order valence-electron chi connectivity index (χ1n) is 10.2. The zero-order valence-corrected chi connectivity index (χ0v) is 19.1. The second-order valence-electron chi connectivity index (χ2n) is 8.44. The molecular formula is C24H27N3O4S. The van der Waals surface area contributed by atoms with E-state index < -0.39 is 15.4 Å². The fourth-order valence-corrected chi connectivity index (χ4v) is 3.97. The maximum absolute atomic E-state index is 12.5. The molecule has 32 heavy (non-hydrogen) atoms. The lowest BCUT2D eigenvalue weighted by atomic mass is 9.95. The Morgan fingerprint density at radius 2 is 1.50 bits per heavy atom. The van der Waals surface area contributed by atoms with Crippen LogP contribution in [0.15, 0.2) is 71.6 Å². The predicted octanol–water partition coefficient (Wildman–Crippen LogP) is 3.53. The van der Waals surface area contributed by atoms with Crippen LogP contribution in [0.25, 0.3) is 10.8 Å². The van der Waals surface area contributed by atoms with Gasteiger partial charge in [0.1, 0.15) is 0 Å². The van der Waals surface area contributed by atoms with Crippen LogP contribution in [-0.2, 0) is 14.8 Å². The highest BCUT2D eigenvalue weighted by Gasteiger charge is 2.21. The molecule has 0 saturated heterocycles. The minimum absolute atomic E-state index is 0.0562. The minimum Gasteiger partial charge on any atom is -0.351 e. The number of anilines is 1. The van der Waals surface area contributed by atoms with Crippen LogP contribution >= 0.6 is 0 Å². The number of benzene rings is 3. The minimum atomic E-state index is -3.69. The van der Waals surface area contributed by atoms with Gasteiger partial charge in [-0.05, 0) is 47.2 Å². The molecule has 3 aromatic carbocycles. The van der Waals surface area contributed by atoms with Gasteiger partial charge in [0.05, 0.1) is 4.90 Å². The smallest absolute Gasteiger partial charge is 0.251 e. The van der Waals surface area contributed by atoms with Crippen LogP contribution in [0.1, 0.15) is 31.1 Å². The average molecular weight is 454 g/mol. The standard InChI is InChI=1S/C24H27N3O4S/c1-24(2,3)23(29)27-20-11-8-18(9-12-20)22(28)25-14-15-26-32(30,31)21-13-10-17-6-4-5-7-19(17)16-21/h4-13,16,26H,14-15H2,1-3H3,(H,25,28)(H,27,29). The molecular weight excluding hydrogens is 426 g/mol. The summed E-state index contributed by atoms with van der Waals surface area (Å²) < 4.78 is 27.6. The van der Waals surface area contributed by atoms with Crippen molar-refractivity contribution in [1.82, 2.24) is 10.0 Å². The Morgan fingerprint density at radius 3 is 2.16 bits per heavy atom. The second-order valence-corrected chi connectivity index (χ2v) is 10.2. The Bertz CT molecular complexity index is 1230. The SMILES string of the molecule is CC(C)(C)C(=O)Nc1ccc(C(=O)NCCNS(=O)(=O)c2ccc3ccccc3c2)cc1. The molecule has 0 bridgehead atoms. The molecule has 3 N–H and O–H groups in total. The third-order valence-electron chi connectivity index (χ3n) is 4.82. The quantitative estimate of drug-likeness (QED) is 0.476. The molecule has 8 heteroatoms. The predicted molar refractivity (Wildman–Crippen MR) is 126 cm³/mol. The molecule has 168 valence electrons. The van der Waals surface area contributed by atoms with Crippen molar-refractivity contribution in [3.63, 3.8) is 0 Å². The van der Waals surface area contributed by atoms with Gasteiger partial charge in [-0.3, -0.25) is 9.59 Å². The van der Waals surface area contributed by atoms with Crippen molar-refractivity contribution >= 4 is 38.3 Å². The van der Waals surface area contributed by atoms with Gasteiger partial charge >= 0.3 is 0 Å². The Kier molecular flexibility index (Phi) is 6.96. The monoisotopic (exact) mass is 453 g/mol. The van der Waals surface area contributed by atoms with Crippen LogP contribution in [0.4, 0.5) is 5.69 Å². The molecule has 0 aromatic heterocycles. The van der Waals surface area contributed by atoms with Gasteiger partial charge in [-0.2, -0.15) is 0 Å². The van der Waals surface area contributed by atoms with Gasteiger partial charge < -0.3 is 10.6 Å². The summed E-state index contributed by atoms with van der Waals surface area (Å²) in [5.74, 6) is -0.447. The Hall–Kier alpha value is -3.23. The summed E-state index contributed by atoms with van der Waals surface area (Å²) in [6, 6.07) is 19.0. The normalized spacial score (nSPS) is 11.8. The van der Waals surface area contributed by atoms with Gasteiger partial charge in [-0.25, -0.2) is 13.1 Å². The Labute approximate surface area is 188 Å². The van der Waals surface area contributed by atoms with E-state index in [0.717, 1.165) is 10.8 Å².